The summed E-state index contributed by atoms with van der Waals surface area (Å²) < 4.78 is 28.6. The fraction of sp³-hybridized carbons (Fsp3) is 0.278. The fourth-order valence-electron chi connectivity index (χ4n) is 2.89. The molecule has 1 amide bonds. The monoisotopic (exact) mass is 342 g/mol. The van der Waals surface area contributed by atoms with Gasteiger partial charge >= 0.3 is 0 Å². The normalized spacial score (nSPS) is 14.0. The molecule has 3 aromatic rings. The molecule has 1 heterocycles. The Morgan fingerprint density at radius 3 is 2.76 bits per heavy atom. The van der Waals surface area contributed by atoms with Crippen molar-refractivity contribution in [1.29, 1.82) is 0 Å². The molecule has 128 valence electrons. The first-order valence-corrected chi connectivity index (χ1v) is 8.13. The average molecular weight is 342 g/mol. The van der Waals surface area contributed by atoms with Gasteiger partial charge in [-0.05, 0) is 31.0 Å². The van der Waals surface area contributed by atoms with E-state index < -0.39 is 11.6 Å². The number of hydrogen-bond donors (Lipinski definition) is 0. The number of para-hydroxylation sites is 1. The van der Waals surface area contributed by atoms with Crippen molar-refractivity contribution in [2.75, 3.05) is 0 Å². The van der Waals surface area contributed by atoms with Gasteiger partial charge in [-0.25, -0.2) is 13.5 Å². The summed E-state index contributed by atoms with van der Waals surface area (Å²) in [4.78, 5) is 14.4. The third kappa shape index (κ3) is 3.22. The second-order valence-corrected chi connectivity index (χ2v) is 6.22. The maximum Gasteiger partial charge on any atom is 0.244 e. The van der Waals surface area contributed by atoms with Gasteiger partial charge in [-0.3, -0.25) is 4.79 Å². The maximum atomic E-state index is 13.9. The standard InChI is InChI=1S/C18H16F2N4O/c19-13-6-5-12(15(20)9-13)10-23(14-7-8-14)18(25)11-24-17-4-2-1-3-16(17)21-22-24/h1-6,9,14H,7-8,10-11H2. The van der Waals surface area contributed by atoms with Crippen LogP contribution in [0.1, 0.15) is 18.4 Å². The van der Waals surface area contributed by atoms with Gasteiger partial charge in [-0.1, -0.05) is 23.4 Å². The van der Waals surface area contributed by atoms with E-state index in [9.17, 15) is 13.6 Å². The van der Waals surface area contributed by atoms with Crippen LogP contribution in [0.25, 0.3) is 11.0 Å². The Hall–Kier alpha value is -2.83. The summed E-state index contributed by atoms with van der Waals surface area (Å²) in [5, 5.41) is 8.07. The van der Waals surface area contributed by atoms with Crippen molar-refractivity contribution in [3.05, 3.63) is 59.7 Å². The highest BCUT2D eigenvalue weighted by molar-refractivity contribution is 5.80. The molecule has 4 rings (SSSR count). The zero-order chi connectivity index (χ0) is 17.4. The van der Waals surface area contributed by atoms with E-state index in [1.165, 1.54) is 12.1 Å². The first-order valence-electron chi connectivity index (χ1n) is 8.13. The van der Waals surface area contributed by atoms with Crippen LogP contribution in [0, 0.1) is 11.6 Å². The van der Waals surface area contributed by atoms with Gasteiger partial charge in [0.25, 0.3) is 0 Å². The average Bonchev–Trinajstić information content (AvgIpc) is 3.36. The number of halogens is 2. The molecule has 0 atom stereocenters. The third-order valence-corrected chi connectivity index (χ3v) is 4.37. The molecule has 5 nitrogen and oxygen atoms in total. The van der Waals surface area contributed by atoms with Crippen molar-refractivity contribution in [1.82, 2.24) is 19.9 Å². The number of rotatable bonds is 5. The SMILES string of the molecule is O=C(Cn1nnc2ccccc21)N(Cc1ccc(F)cc1F)C1CC1. The molecule has 1 aliphatic rings. The molecule has 25 heavy (non-hydrogen) atoms. The van der Waals surface area contributed by atoms with Gasteiger partial charge in [0.15, 0.2) is 0 Å². The summed E-state index contributed by atoms with van der Waals surface area (Å²) in [7, 11) is 0. The Balaban J connectivity index is 1.55. The van der Waals surface area contributed by atoms with E-state index in [0.29, 0.717) is 5.56 Å². The van der Waals surface area contributed by atoms with Gasteiger partial charge in [-0.2, -0.15) is 0 Å². The highest BCUT2D eigenvalue weighted by Crippen LogP contribution is 2.29. The number of carbonyl (C=O) groups is 1. The van der Waals surface area contributed by atoms with Crippen LogP contribution in [-0.4, -0.2) is 31.8 Å². The molecule has 1 saturated carbocycles. The van der Waals surface area contributed by atoms with Crippen LogP contribution in [0.5, 0.6) is 0 Å². The van der Waals surface area contributed by atoms with Gasteiger partial charge in [0.1, 0.15) is 23.7 Å². The molecular weight excluding hydrogens is 326 g/mol. The summed E-state index contributed by atoms with van der Waals surface area (Å²) >= 11 is 0. The maximum absolute atomic E-state index is 13.9. The summed E-state index contributed by atoms with van der Waals surface area (Å²) in [6, 6.07) is 10.9. The number of hydrogen-bond acceptors (Lipinski definition) is 3. The van der Waals surface area contributed by atoms with Gasteiger partial charge < -0.3 is 4.90 Å². The molecule has 0 N–H and O–H groups in total. The van der Waals surface area contributed by atoms with Crippen LogP contribution in [0.15, 0.2) is 42.5 Å². The van der Waals surface area contributed by atoms with Crippen LogP contribution in [0.3, 0.4) is 0 Å². The summed E-state index contributed by atoms with van der Waals surface area (Å²) in [5.41, 5.74) is 1.81. The molecule has 0 radical (unpaired) electrons. The topological polar surface area (TPSA) is 51.0 Å². The van der Waals surface area contributed by atoms with E-state index in [4.69, 9.17) is 0 Å². The van der Waals surface area contributed by atoms with E-state index >= 15 is 0 Å². The molecular formula is C18H16F2N4O. The first-order chi connectivity index (χ1) is 12.1. The van der Waals surface area contributed by atoms with E-state index in [0.717, 1.165) is 29.9 Å². The molecule has 0 aliphatic heterocycles. The molecule has 0 unspecified atom stereocenters. The van der Waals surface area contributed by atoms with Crippen molar-refractivity contribution in [2.45, 2.75) is 32.0 Å². The predicted molar refractivity (Wildman–Crippen MR) is 87.5 cm³/mol. The van der Waals surface area contributed by atoms with Crippen molar-refractivity contribution in [3.8, 4) is 0 Å². The summed E-state index contributed by atoms with van der Waals surface area (Å²) in [6.07, 6.45) is 1.79. The van der Waals surface area contributed by atoms with Gasteiger partial charge in [0.05, 0.1) is 5.52 Å². The van der Waals surface area contributed by atoms with Crippen LogP contribution in [0.2, 0.25) is 0 Å². The van der Waals surface area contributed by atoms with Gasteiger partial charge in [0, 0.05) is 24.2 Å². The number of nitrogens with zero attached hydrogens (tertiary/aromatic N) is 4. The zero-order valence-corrected chi connectivity index (χ0v) is 13.4. The number of carbonyl (C=O) groups excluding carboxylic acids is 1. The zero-order valence-electron chi connectivity index (χ0n) is 13.4. The van der Waals surface area contributed by atoms with Crippen molar-refractivity contribution < 1.29 is 13.6 Å². The molecule has 7 heteroatoms. The largest absolute Gasteiger partial charge is 0.334 e. The van der Waals surface area contributed by atoms with E-state index in [-0.39, 0.29) is 25.0 Å². The molecule has 2 aromatic carbocycles. The molecule has 1 fully saturated rings. The molecule has 1 aliphatic carbocycles. The summed E-state index contributed by atoms with van der Waals surface area (Å²) in [6.45, 7) is 0.169. The van der Waals surface area contributed by atoms with Crippen LogP contribution < -0.4 is 0 Å². The molecule has 0 spiro atoms. The number of benzene rings is 2. The Kier molecular flexibility index (Phi) is 3.91. The Morgan fingerprint density at radius 2 is 2.00 bits per heavy atom. The second kappa shape index (κ2) is 6.23. The van der Waals surface area contributed by atoms with Crippen LogP contribution >= 0.6 is 0 Å². The van der Waals surface area contributed by atoms with E-state index in [2.05, 4.69) is 10.3 Å². The number of amides is 1. The first kappa shape index (κ1) is 15.7. The highest BCUT2D eigenvalue weighted by atomic mass is 19.1. The lowest BCUT2D eigenvalue weighted by Gasteiger charge is -2.23. The third-order valence-electron chi connectivity index (χ3n) is 4.37. The highest BCUT2D eigenvalue weighted by Gasteiger charge is 2.33. The quantitative estimate of drug-likeness (QED) is 0.716. The smallest absolute Gasteiger partial charge is 0.244 e. The van der Waals surface area contributed by atoms with Crippen LogP contribution in [0.4, 0.5) is 8.78 Å². The van der Waals surface area contributed by atoms with Crippen molar-refractivity contribution >= 4 is 16.9 Å². The minimum atomic E-state index is -0.635. The molecule has 1 aromatic heterocycles. The van der Waals surface area contributed by atoms with E-state index in [1.54, 1.807) is 9.58 Å². The van der Waals surface area contributed by atoms with E-state index in [1.807, 2.05) is 24.3 Å². The van der Waals surface area contributed by atoms with Crippen LogP contribution in [-0.2, 0) is 17.9 Å². The lowest BCUT2D eigenvalue weighted by Crippen LogP contribution is -2.35. The molecule has 0 bridgehead atoms. The van der Waals surface area contributed by atoms with Crippen molar-refractivity contribution in [2.24, 2.45) is 0 Å². The molecule has 0 saturated heterocycles. The predicted octanol–water partition coefficient (Wildman–Crippen LogP) is 2.90. The fourth-order valence-corrected chi connectivity index (χ4v) is 2.89. The second-order valence-electron chi connectivity index (χ2n) is 6.22. The lowest BCUT2D eigenvalue weighted by atomic mass is 10.2. The van der Waals surface area contributed by atoms with Gasteiger partial charge in [-0.15, -0.1) is 5.10 Å². The Morgan fingerprint density at radius 1 is 1.20 bits per heavy atom. The lowest BCUT2D eigenvalue weighted by molar-refractivity contribution is -0.133. The Bertz CT molecular complexity index is 936. The summed E-state index contributed by atoms with van der Waals surface area (Å²) in [5.74, 6) is -1.41. The number of fused-ring (bicyclic) bond motifs is 1. The van der Waals surface area contributed by atoms with Crippen molar-refractivity contribution in [3.63, 3.8) is 0 Å². The minimum Gasteiger partial charge on any atom is -0.334 e. The Labute approximate surface area is 142 Å². The van der Waals surface area contributed by atoms with Gasteiger partial charge in [0.2, 0.25) is 5.91 Å². The minimum absolute atomic E-state index is 0.0415. The number of aromatic nitrogens is 3.